The normalized spacial score (nSPS) is 19.0. The van der Waals surface area contributed by atoms with Gasteiger partial charge in [0.25, 0.3) is 5.91 Å². The van der Waals surface area contributed by atoms with E-state index >= 15 is 0 Å². The Morgan fingerprint density at radius 2 is 2.00 bits per heavy atom. The van der Waals surface area contributed by atoms with E-state index in [1.54, 1.807) is 30.7 Å². The fourth-order valence-corrected chi connectivity index (χ4v) is 3.81. The highest BCUT2D eigenvalue weighted by molar-refractivity contribution is 5.93. The van der Waals surface area contributed by atoms with E-state index in [-0.39, 0.29) is 18.0 Å². The Morgan fingerprint density at radius 3 is 2.78 bits per heavy atom. The minimum absolute atomic E-state index is 0.0597. The molecule has 4 rings (SSSR count). The number of carbonyl (C=O) groups is 2. The van der Waals surface area contributed by atoms with E-state index in [1.807, 2.05) is 20.5 Å². The third kappa shape index (κ3) is 3.79. The number of hydrogen-bond acceptors (Lipinski definition) is 4. The van der Waals surface area contributed by atoms with E-state index in [0.717, 1.165) is 31.6 Å². The number of urea groups is 1. The van der Waals surface area contributed by atoms with E-state index in [9.17, 15) is 9.59 Å². The second kappa shape index (κ2) is 7.77. The van der Waals surface area contributed by atoms with Gasteiger partial charge in [0, 0.05) is 44.8 Å². The summed E-state index contributed by atoms with van der Waals surface area (Å²) in [5, 5.41) is 7.36. The summed E-state index contributed by atoms with van der Waals surface area (Å²) in [6.07, 6.45) is 7.86. The van der Waals surface area contributed by atoms with Crippen LogP contribution in [0, 0.1) is 0 Å². The summed E-state index contributed by atoms with van der Waals surface area (Å²) in [5.74, 6) is -0.135. The van der Waals surface area contributed by atoms with Gasteiger partial charge in [-0.25, -0.2) is 4.79 Å². The number of pyridine rings is 1. The van der Waals surface area contributed by atoms with Crippen LogP contribution in [0.5, 0.6) is 0 Å². The van der Waals surface area contributed by atoms with Gasteiger partial charge >= 0.3 is 6.03 Å². The van der Waals surface area contributed by atoms with Gasteiger partial charge < -0.3 is 15.1 Å². The number of fused-ring (bicyclic) bond motifs is 1. The van der Waals surface area contributed by atoms with Crippen molar-refractivity contribution in [3.8, 4) is 0 Å². The van der Waals surface area contributed by atoms with Crippen molar-refractivity contribution >= 4 is 11.9 Å². The molecule has 0 aromatic carbocycles. The molecule has 0 unspecified atom stereocenters. The van der Waals surface area contributed by atoms with Crippen molar-refractivity contribution in [2.45, 2.75) is 31.8 Å². The molecule has 8 heteroatoms. The molecule has 4 heterocycles. The maximum Gasteiger partial charge on any atom is 0.320 e. The van der Waals surface area contributed by atoms with Crippen LogP contribution in [0.1, 0.15) is 41.4 Å². The summed E-state index contributed by atoms with van der Waals surface area (Å²) < 4.78 is 1.99. The Bertz CT molecular complexity index is 800. The summed E-state index contributed by atoms with van der Waals surface area (Å²) in [6.45, 7) is 3.42. The van der Waals surface area contributed by atoms with E-state index in [4.69, 9.17) is 0 Å². The predicted molar refractivity (Wildman–Crippen MR) is 99.1 cm³/mol. The Balaban J connectivity index is 1.38. The molecule has 1 N–H and O–H groups in total. The van der Waals surface area contributed by atoms with Gasteiger partial charge in [0.1, 0.15) is 0 Å². The average molecular weight is 368 g/mol. The predicted octanol–water partition coefficient (Wildman–Crippen LogP) is 1.67. The van der Waals surface area contributed by atoms with Gasteiger partial charge in [-0.05, 0) is 37.5 Å². The number of nitrogens with zero attached hydrogens (tertiary/aromatic N) is 5. The standard InChI is InChI=1S/C19H24N6O2/c26-18(15-4-3-7-20-12-15)21-8-5-16-13-24(14-17-6-9-22-25(16)17)19(27)23-10-1-2-11-23/h3-4,6-7,9,12,16H,1-2,5,8,10-11,13-14H2,(H,21,26)/t16-/m1/s1. The topological polar surface area (TPSA) is 83.4 Å². The number of aromatic nitrogens is 3. The SMILES string of the molecule is O=C(NCC[C@@H]1CN(C(=O)N2CCCC2)Cc2ccnn21)c1cccnc1. The zero-order chi connectivity index (χ0) is 18.6. The summed E-state index contributed by atoms with van der Waals surface area (Å²) in [7, 11) is 0. The number of nitrogens with one attached hydrogen (secondary N) is 1. The fourth-order valence-electron chi connectivity index (χ4n) is 3.81. The van der Waals surface area contributed by atoms with E-state index in [1.165, 1.54) is 0 Å². The number of rotatable bonds is 4. The smallest absolute Gasteiger partial charge is 0.320 e. The Kier molecular flexibility index (Phi) is 5.04. The van der Waals surface area contributed by atoms with Crippen molar-refractivity contribution in [2.75, 3.05) is 26.2 Å². The van der Waals surface area contributed by atoms with Crippen LogP contribution < -0.4 is 5.32 Å². The Hall–Kier alpha value is -2.90. The summed E-state index contributed by atoms with van der Waals surface area (Å²) in [4.78, 5) is 32.8. The molecule has 0 radical (unpaired) electrons. The lowest BCUT2D eigenvalue weighted by Crippen LogP contribution is -2.47. The van der Waals surface area contributed by atoms with Crippen LogP contribution in [0.2, 0.25) is 0 Å². The molecule has 142 valence electrons. The molecular weight excluding hydrogens is 344 g/mol. The molecule has 0 bridgehead atoms. The third-order valence-electron chi connectivity index (χ3n) is 5.22. The van der Waals surface area contributed by atoms with Crippen molar-refractivity contribution in [3.05, 3.63) is 48.0 Å². The second-order valence-corrected chi connectivity index (χ2v) is 7.06. The Labute approximate surface area is 158 Å². The van der Waals surface area contributed by atoms with Crippen LogP contribution in [0.25, 0.3) is 0 Å². The van der Waals surface area contributed by atoms with Crippen LogP contribution in [0.4, 0.5) is 4.79 Å². The largest absolute Gasteiger partial charge is 0.352 e. The summed E-state index contributed by atoms with van der Waals surface area (Å²) in [5.41, 5.74) is 1.59. The molecule has 2 aliphatic rings. The summed E-state index contributed by atoms with van der Waals surface area (Å²) in [6, 6.07) is 5.62. The first-order chi connectivity index (χ1) is 13.2. The van der Waals surface area contributed by atoms with E-state index in [0.29, 0.717) is 31.6 Å². The van der Waals surface area contributed by atoms with Crippen molar-refractivity contribution < 1.29 is 9.59 Å². The fraction of sp³-hybridized carbons (Fsp3) is 0.474. The Morgan fingerprint density at radius 1 is 1.15 bits per heavy atom. The molecule has 0 aliphatic carbocycles. The molecule has 8 nitrogen and oxygen atoms in total. The molecule has 2 aromatic heterocycles. The quantitative estimate of drug-likeness (QED) is 0.890. The molecule has 3 amide bonds. The summed E-state index contributed by atoms with van der Waals surface area (Å²) >= 11 is 0. The van der Waals surface area contributed by atoms with Crippen LogP contribution >= 0.6 is 0 Å². The van der Waals surface area contributed by atoms with Gasteiger partial charge in [0.05, 0.1) is 23.8 Å². The maximum absolute atomic E-state index is 12.8. The number of amides is 3. The molecule has 2 aromatic rings. The number of carbonyl (C=O) groups excluding carboxylic acids is 2. The highest BCUT2D eigenvalue weighted by atomic mass is 16.2. The molecule has 2 aliphatic heterocycles. The van der Waals surface area contributed by atoms with Crippen LogP contribution in [0.3, 0.4) is 0 Å². The van der Waals surface area contributed by atoms with Crippen LogP contribution in [-0.2, 0) is 6.54 Å². The molecule has 1 fully saturated rings. The van der Waals surface area contributed by atoms with Crippen molar-refractivity contribution in [2.24, 2.45) is 0 Å². The highest BCUT2D eigenvalue weighted by Crippen LogP contribution is 2.24. The van der Waals surface area contributed by atoms with Crippen molar-refractivity contribution in [1.29, 1.82) is 0 Å². The third-order valence-corrected chi connectivity index (χ3v) is 5.22. The average Bonchev–Trinajstić information content (AvgIpc) is 3.39. The first-order valence-corrected chi connectivity index (χ1v) is 9.47. The molecule has 1 atom stereocenters. The molecular formula is C19H24N6O2. The first kappa shape index (κ1) is 17.5. The van der Waals surface area contributed by atoms with Gasteiger partial charge in [0.2, 0.25) is 0 Å². The number of hydrogen-bond donors (Lipinski definition) is 1. The van der Waals surface area contributed by atoms with Crippen LogP contribution in [-0.4, -0.2) is 62.7 Å². The lowest BCUT2D eigenvalue weighted by molar-refractivity contribution is 0.0945. The second-order valence-electron chi connectivity index (χ2n) is 7.06. The minimum Gasteiger partial charge on any atom is -0.352 e. The van der Waals surface area contributed by atoms with E-state index in [2.05, 4.69) is 15.4 Å². The van der Waals surface area contributed by atoms with Gasteiger partial charge in [0.15, 0.2) is 0 Å². The van der Waals surface area contributed by atoms with Crippen molar-refractivity contribution in [1.82, 2.24) is 29.9 Å². The zero-order valence-electron chi connectivity index (χ0n) is 15.3. The maximum atomic E-state index is 12.8. The molecule has 27 heavy (non-hydrogen) atoms. The van der Waals surface area contributed by atoms with Gasteiger partial charge in [-0.1, -0.05) is 0 Å². The van der Waals surface area contributed by atoms with Gasteiger partial charge in [-0.15, -0.1) is 0 Å². The van der Waals surface area contributed by atoms with Crippen LogP contribution in [0.15, 0.2) is 36.8 Å². The lowest BCUT2D eigenvalue weighted by atomic mass is 10.1. The van der Waals surface area contributed by atoms with E-state index < -0.39 is 0 Å². The van der Waals surface area contributed by atoms with Crippen molar-refractivity contribution in [3.63, 3.8) is 0 Å². The number of likely N-dealkylation sites (tertiary alicyclic amines) is 1. The zero-order valence-corrected chi connectivity index (χ0v) is 15.3. The first-order valence-electron chi connectivity index (χ1n) is 9.47. The van der Waals surface area contributed by atoms with Gasteiger partial charge in [-0.3, -0.25) is 14.5 Å². The monoisotopic (exact) mass is 368 g/mol. The lowest BCUT2D eigenvalue weighted by Gasteiger charge is -2.36. The highest BCUT2D eigenvalue weighted by Gasteiger charge is 2.31. The molecule has 0 spiro atoms. The molecule has 1 saturated heterocycles. The molecule has 0 saturated carbocycles. The van der Waals surface area contributed by atoms with Gasteiger partial charge in [-0.2, -0.15) is 5.10 Å². The minimum atomic E-state index is -0.135.